The van der Waals surface area contributed by atoms with Gasteiger partial charge in [-0.3, -0.25) is 0 Å². The highest BCUT2D eigenvalue weighted by molar-refractivity contribution is 8.22. The highest BCUT2D eigenvalue weighted by Gasteiger charge is 2.35. The molecule has 2 heterocycles. The highest BCUT2D eigenvalue weighted by Crippen LogP contribution is 2.52. The minimum absolute atomic E-state index is 0.362. The zero-order valence-electron chi connectivity index (χ0n) is 11.3. The summed E-state index contributed by atoms with van der Waals surface area (Å²) in [7, 11) is 0. The predicted molar refractivity (Wildman–Crippen MR) is 99.0 cm³/mol. The van der Waals surface area contributed by atoms with Crippen LogP contribution >= 0.6 is 47.0 Å². The summed E-state index contributed by atoms with van der Waals surface area (Å²) in [6.07, 6.45) is 16.9. The van der Waals surface area contributed by atoms with E-state index in [2.05, 4.69) is 83.5 Å². The first-order valence-electron chi connectivity index (χ1n) is 7.14. The third-order valence-corrected chi connectivity index (χ3v) is 10.9. The number of hydrogen-bond acceptors (Lipinski definition) is 4. The second-order valence-electron chi connectivity index (χ2n) is 5.41. The van der Waals surface area contributed by atoms with Gasteiger partial charge >= 0.3 is 0 Å². The van der Waals surface area contributed by atoms with E-state index in [1.807, 2.05) is 0 Å². The van der Waals surface area contributed by atoms with Crippen molar-refractivity contribution in [1.82, 2.24) is 0 Å². The average molecular weight is 339 g/mol. The second-order valence-corrected chi connectivity index (χ2v) is 11.6. The molecule has 20 heavy (non-hydrogen) atoms. The number of allylic oxidation sites excluding steroid dienone is 6. The van der Waals surface area contributed by atoms with Crippen LogP contribution in [-0.2, 0) is 0 Å². The molecule has 2 spiro atoms. The maximum absolute atomic E-state index is 2.45. The monoisotopic (exact) mass is 338 g/mol. The predicted octanol–water partition coefficient (Wildman–Crippen LogP) is 5.11. The van der Waals surface area contributed by atoms with Crippen molar-refractivity contribution in [3.8, 4) is 0 Å². The van der Waals surface area contributed by atoms with Crippen molar-refractivity contribution in [2.24, 2.45) is 0 Å². The molecule has 0 saturated carbocycles. The standard InChI is InChI=1S/C16H18S4/c1-5-15(17-9-10-18-15)6-2-13(1)14-3-7-16(8-4-14)19-11-12-20-16/h1-5,7H,6,8-12H2. The summed E-state index contributed by atoms with van der Waals surface area (Å²) in [6.45, 7) is 0. The van der Waals surface area contributed by atoms with Crippen LogP contribution in [0.3, 0.4) is 0 Å². The van der Waals surface area contributed by atoms with E-state index >= 15 is 0 Å². The molecule has 2 fully saturated rings. The maximum atomic E-state index is 2.45. The van der Waals surface area contributed by atoms with Gasteiger partial charge in [0.15, 0.2) is 0 Å². The van der Waals surface area contributed by atoms with Crippen LogP contribution in [0.1, 0.15) is 12.8 Å². The molecule has 4 heteroatoms. The van der Waals surface area contributed by atoms with Crippen LogP contribution in [0.4, 0.5) is 0 Å². The fourth-order valence-corrected chi connectivity index (χ4v) is 8.85. The van der Waals surface area contributed by atoms with E-state index in [1.54, 1.807) is 0 Å². The van der Waals surface area contributed by atoms with Crippen LogP contribution in [0.25, 0.3) is 0 Å². The topological polar surface area (TPSA) is 0 Å². The van der Waals surface area contributed by atoms with E-state index in [4.69, 9.17) is 0 Å². The van der Waals surface area contributed by atoms with Crippen LogP contribution in [0.2, 0.25) is 0 Å². The SMILES string of the molecule is C1=CC2(CC=C1C1=CCC3(C=C1)SCCS3)SCCS2. The van der Waals surface area contributed by atoms with Crippen molar-refractivity contribution in [2.75, 3.05) is 23.0 Å². The minimum atomic E-state index is 0.362. The molecule has 4 aliphatic rings. The fourth-order valence-electron chi connectivity index (χ4n) is 3.01. The van der Waals surface area contributed by atoms with E-state index in [0.29, 0.717) is 8.16 Å². The van der Waals surface area contributed by atoms with Gasteiger partial charge in [0.25, 0.3) is 0 Å². The summed E-state index contributed by atoms with van der Waals surface area (Å²) in [6, 6.07) is 0. The lowest BCUT2D eigenvalue weighted by Gasteiger charge is -2.28. The molecular formula is C16H18S4. The van der Waals surface area contributed by atoms with Crippen molar-refractivity contribution in [3.05, 3.63) is 47.6 Å². The first-order valence-corrected chi connectivity index (χ1v) is 11.1. The molecule has 0 aromatic rings. The Balaban J connectivity index is 1.48. The molecule has 0 unspecified atom stereocenters. The number of thioether (sulfide) groups is 4. The van der Waals surface area contributed by atoms with Crippen LogP contribution in [-0.4, -0.2) is 31.2 Å². The molecular weight excluding hydrogens is 320 g/mol. The molecule has 0 N–H and O–H groups in total. The van der Waals surface area contributed by atoms with Crippen LogP contribution in [0, 0.1) is 0 Å². The van der Waals surface area contributed by atoms with Crippen molar-refractivity contribution in [2.45, 2.75) is 21.0 Å². The van der Waals surface area contributed by atoms with Crippen molar-refractivity contribution in [1.29, 1.82) is 0 Å². The van der Waals surface area contributed by atoms with E-state index in [-0.39, 0.29) is 0 Å². The van der Waals surface area contributed by atoms with Crippen molar-refractivity contribution < 1.29 is 0 Å². The molecule has 2 aliphatic heterocycles. The summed E-state index contributed by atoms with van der Waals surface area (Å²) in [5.41, 5.74) is 2.87. The summed E-state index contributed by atoms with van der Waals surface area (Å²) in [5, 5.41) is 0. The molecule has 0 nitrogen and oxygen atoms in total. The van der Waals surface area contributed by atoms with E-state index < -0.39 is 0 Å². The van der Waals surface area contributed by atoms with Gasteiger partial charge in [0.2, 0.25) is 0 Å². The Hall–Kier alpha value is 0.360. The van der Waals surface area contributed by atoms with E-state index in [9.17, 15) is 0 Å². The van der Waals surface area contributed by atoms with Gasteiger partial charge in [-0.15, -0.1) is 47.0 Å². The van der Waals surface area contributed by atoms with Gasteiger partial charge < -0.3 is 0 Å². The highest BCUT2D eigenvalue weighted by atomic mass is 32.2. The quantitative estimate of drug-likeness (QED) is 0.651. The minimum Gasteiger partial charge on any atom is -0.139 e. The lowest BCUT2D eigenvalue weighted by Crippen LogP contribution is -2.17. The molecule has 2 aliphatic carbocycles. The summed E-state index contributed by atoms with van der Waals surface area (Å²) >= 11 is 8.47. The average Bonchev–Trinajstić information content (AvgIpc) is 3.12. The second kappa shape index (κ2) is 5.53. The Kier molecular flexibility index (Phi) is 3.87. The normalized spacial score (nSPS) is 30.0. The molecule has 106 valence electrons. The largest absolute Gasteiger partial charge is 0.139 e. The summed E-state index contributed by atoms with van der Waals surface area (Å²) in [5.74, 6) is 5.21. The lowest BCUT2D eigenvalue weighted by molar-refractivity contribution is 0.965. The molecule has 2 saturated heterocycles. The Morgan fingerprint density at radius 3 is 1.35 bits per heavy atom. The first-order chi connectivity index (χ1) is 9.79. The lowest BCUT2D eigenvalue weighted by atomic mass is 9.94. The van der Waals surface area contributed by atoms with Crippen molar-refractivity contribution >= 4 is 47.0 Å². The Morgan fingerprint density at radius 1 is 0.650 bits per heavy atom. The summed E-state index contributed by atoms with van der Waals surface area (Å²) < 4.78 is 0.724. The van der Waals surface area contributed by atoms with E-state index in [0.717, 1.165) is 0 Å². The molecule has 0 radical (unpaired) electrons. The van der Waals surface area contributed by atoms with Gasteiger partial charge in [-0.25, -0.2) is 0 Å². The van der Waals surface area contributed by atoms with Crippen LogP contribution < -0.4 is 0 Å². The van der Waals surface area contributed by atoms with Crippen LogP contribution in [0.15, 0.2) is 47.6 Å². The van der Waals surface area contributed by atoms with Crippen molar-refractivity contribution in [3.63, 3.8) is 0 Å². The third kappa shape index (κ3) is 2.57. The van der Waals surface area contributed by atoms with Gasteiger partial charge in [0, 0.05) is 23.0 Å². The fraction of sp³-hybridized carbons (Fsp3) is 0.500. The van der Waals surface area contributed by atoms with Crippen LogP contribution in [0.5, 0.6) is 0 Å². The van der Waals surface area contributed by atoms with Gasteiger partial charge in [-0.05, 0) is 24.0 Å². The Bertz CT molecular complexity index is 467. The Morgan fingerprint density at radius 2 is 1.05 bits per heavy atom. The molecule has 0 aromatic carbocycles. The van der Waals surface area contributed by atoms with Gasteiger partial charge in [-0.1, -0.05) is 36.5 Å². The number of rotatable bonds is 1. The van der Waals surface area contributed by atoms with Gasteiger partial charge in [0.05, 0.1) is 8.16 Å². The van der Waals surface area contributed by atoms with E-state index in [1.165, 1.54) is 47.0 Å². The maximum Gasteiger partial charge on any atom is 0.0829 e. The molecule has 0 amide bonds. The molecule has 0 bridgehead atoms. The molecule has 4 rings (SSSR count). The summed E-state index contributed by atoms with van der Waals surface area (Å²) in [4.78, 5) is 0. The Labute approximate surface area is 138 Å². The third-order valence-electron chi connectivity index (χ3n) is 4.13. The zero-order chi connectivity index (χ0) is 13.5. The van der Waals surface area contributed by atoms with Gasteiger partial charge in [0.1, 0.15) is 0 Å². The smallest absolute Gasteiger partial charge is 0.0829 e. The van der Waals surface area contributed by atoms with Gasteiger partial charge in [-0.2, -0.15) is 0 Å². The first kappa shape index (κ1) is 14.0. The molecule has 0 atom stereocenters. The molecule has 0 aromatic heterocycles. The number of hydrogen-bond donors (Lipinski definition) is 0. The zero-order valence-corrected chi connectivity index (χ0v) is 14.6.